The minimum absolute atomic E-state index is 0.0113. The number of anilines is 6. The minimum Gasteiger partial charge on any atom is -0.311 e. The molecule has 0 saturated carbocycles. The molecule has 3 heteroatoms. The van der Waals surface area contributed by atoms with Crippen molar-refractivity contribution in [1.29, 1.82) is 0 Å². The van der Waals surface area contributed by atoms with Crippen LogP contribution in [0.25, 0.3) is 0 Å². The van der Waals surface area contributed by atoms with Gasteiger partial charge < -0.3 is 9.80 Å². The van der Waals surface area contributed by atoms with Crippen molar-refractivity contribution in [2.75, 3.05) is 9.80 Å². The summed E-state index contributed by atoms with van der Waals surface area (Å²) in [5.74, 6) is 0. The van der Waals surface area contributed by atoms with Crippen molar-refractivity contribution in [1.82, 2.24) is 0 Å². The third kappa shape index (κ3) is 3.92. The first-order chi connectivity index (χ1) is 29.4. The summed E-state index contributed by atoms with van der Waals surface area (Å²) in [4.78, 5) is 2.29. The Morgan fingerprint density at radius 1 is 0.468 bits per heavy atom. The lowest BCUT2D eigenvalue weighted by Gasteiger charge is -2.44. The van der Waals surface area contributed by atoms with Crippen LogP contribution in [0.3, 0.4) is 0 Å². The van der Waals surface area contributed by atoms with Gasteiger partial charge in [0.2, 0.25) is 0 Å². The van der Waals surface area contributed by atoms with E-state index in [0.29, 0.717) is 35.1 Å². The van der Waals surface area contributed by atoms with Gasteiger partial charge in [-0.05, 0) is 121 Å². The van der Waals surface area contributed by atoms with Gasteiger partial charge in [-0.15, -0.1) is 0 Å². The molecule has 0 N–H and O–H groups in total. The zero-order valence-corrected chi connectivity index (χ0v) is 27.9. The lowest BCUT2D eigenvalue weighted by atomic mass is 9.33. The van der Waals surface area contributed by atoms with Gasteiger partial charge in [0.15, 0.2) is 0 Å². The maximum Gasteiger partial charge on any atom is 0.252 e. The first-order valence-corrected chi connectivity index (χ1v) is 16.1. The smallest absolute Gasteiger partial charge is 0.252 e. The van der Waals surface area contributed by atoms with Gasteiger partial charge in [0.25, 0.3) is 6.71 Å². The summed E-state index contributed by atoms with van der Waals surface area (Å²) >= 11 is 0. The van der Waals surface area contributed by atoms with E-state index in [2.05, 4.69) is 0 Å². The molecule has 47 heavy (non-hydrogen) atoms. The number of benzene rings is 5. The van der Waals surface area contributed by atoms with Crippen molar-refractivity contribution < 1.29 is 23.3 Å². The van der Waals surface area contributed by atoms with Crippen LogP contribution >= 0.6 is 0 Å². The van der Waals surface area contributed by atoms with Gasteiger partial charge >= 0.3 is 0 Å². The molecule has 0 unspecified atom stereocenters. The number of rotatable bonds is 2. The Morgan fingerprint density at radius 3 is 1.68 bits per heavy atom. The van der Waals surface area contributed by atoms with Crippen LogP contribution in [0.15, 0.2) is 103 Å². The zero-order chi connectivity index (χ0) is 47.5. The maximum absolute atomic E-state index is 10.3. The Kier molecular flexibility index (Phi) is 3.19. The first-order valence-electron chi connectivity index (χ1n) is 24.6. The number of para-hydroxylation sites is 2. The van der Waals surface area contributed by atoms with Crippen molar-refractivity contribution in [2.45, 2.75) is 89.9 Å². The van der Waals surface area contributed by atoms with Crippen molar-refractivity contribution in [3.8, 4) is 0 Å². The second-order valence-corrected chi connectivity index (χ2v) is 16.0. The molecule has 2 heterocycles. The molecule has 0 atom stereocenters. The SMILES string of the molecule is [2H]c1c([2H])c([2H])c(N2c3c([2H])c([2H])c([2H])c([2H])c3B3c4c([2H])c5c(c([2H])c4N(c4c([2H])c([2H])c6c(c4[2H])C(C)(C)CC6(C)C)c4c([2H])c([2H])c([2H])c2c43)C(C)(C)CC5(C)C)c([2H])c1[2H]. The van der Waals surface area contributed by atoms with E-state index in [0.717, 1.165) is 4.90 Å². The van der Waals surface area contributed by atoms with Gasteiger partial charge in [0, 0.05) is 34.1 Å². The number of nitrogens with zero attached hydrogens (tertiary/aromatic N) is 2. The highest BCUT2D eigenvalue weighted by molar-refractivity contribution is 7.00. The highest BCUT2D eigenvalue weighted by Crippen LogP contribution is 2.54. The molecule has 5 aromatic carbocycles. The van der Waals surface area contributed by atoms with E-state index < -0.39 is 118 Å². The monoisotopic (exact) mass is 629 g/mol. The predicted octanol–water partition coefficient (Wildman–Crippen LogP) is 9.69. The third-order valence-electron chi connectivity index (χ3n) is 10.5. The molecule has 0 saturated heterocycles. The summed E-state index contributed by atoms with van der Waals surface area (Å²) < 4.78 is 160. The molecule has 0 aromatic heterocycles. The van der Waals surface area contributed by atoms with E-state index in [-0.39, 0.29) is 63.3 Å². The average molecular weight is 630 g/mol. The fourth-order valence-corrected chi connectivity index (χ4v) is 9.17. The Bertz CT molecular complexity index is 3040. The van der Waals surface area contributed by atoms with Crippen molar-refractivity contribution in [3.63, 3.8) is 0 Å². The summed E-state index contributed by atoms with van der Waals surface area (Å²) in [6, 6.07) is -9.77. The first kappa shape index (κ1) is 16.2. The number of hydrogen-bond donors (Lipinski definition) is 0. The van der Waals surface area contributed by atoms with Gasteiger partial charge in [0.1, 0.15) is 0 Å². The molecular weight excluding hydrogens is 567 g/mol. The topological polar surface area (TPSA) is 6.48 Å². The van der Waals surface area contributed by atoms with Crippen LogP contribution in [0.1, 0.15) is 114 Å². The molecule has 2 aliphatic carbocycles. The standard InChI is InChI=1S/C44H45BN2/c1-41(2)26-42(3,4)31-23-29(21-22-30(31)41)47-38-20-14-19-37-40(38)45(34-17-12-13-18-36(34)46(37)28-15-10-9-11-16-28)35-24-32-33(25-39(35)47)44(7,8)27-43(32,5)6/h9-25H,26-27H2,1-8H3/i9D,10D,11D,12D,13D,14D,15D,16D,17D,18D,19D,20D,21D,22D,23D,24D,25D. The minimum atomic E-state index is -1.49. The highest BCUT2D eigenvalue weighted by Gasteiger charge is 2.48. The normalized spacial score (nSPS) is 24.9. The van der Waals surface area contributed by atoms with Crippen LogP contribution in [0.5, 0.6) is 0 Å². The third-order valence-corrected chi connectivity index (χ3v) is 10.5. The van der Waals surface area contributed by atoms with Crippen LogP contribution in [-0.4, -0.2) is 6.71 Å². The van der Waals surface area contributed by atoms with E-state index in [1.165, 1.54) is 4.90 Å². The van der Waals surface area contributed by atoms with E-state index in [1.54, 1.807) is 0 Å². The lowest BCUT2D eigenvalue weighted by molar-refractivity contribution is 0.403. The Morgan fingerprint density at radius 2 is 1.00 bits per heavy atom. The van der Waals surface area contributed by atoms with Gasteiger partial charge in [-0.2, -0.15) is 0 Å². The Balaban J connectivity index is 1.60. The molecule has 234 valence electrons. The van der Waals surface area contributed by atoms with Crippen molar-refractivity contribution >= 4 is 57.2 Å². The summed E-state index contributed by atoms with van der Waals surface area (Å²) in [6.45, 7) is 14.1. The molecule has 0 fully saturated rings. The molecule has 0 spiro atoms. The van der Waals surface area contributed by atoms with Crippen LogP contribution in [0, 0.1) is 0 Å². The van der Waals surface area contributed by atoms with E-state index in [4.69, 9.17) is 9.60 Å². The number of hydrogen-bond acceptors (Lipinski definition) is 2. The van der Waals surface area contributed by atoms with Gasteiger partial charge in [0.05, 0.1) is 23.3 Å². The van der Waals surface area contributed by atoms with E-state index in [1.807, 2.05) is 55.4 Å². The molecule has 2 nitrogen and oxygen atoms in total. The molecule has 5 aromatic rings. The summed E-state index contributed by atoms with van der Waals surface area (Å²) in [6.07, 6.45) is 1.01. The predicted molar refractivity (Wildman–Crippen MR) is 202 cm³/mol. The number of fused-ring (bicyclic) bond motifs is 6. The summed E-state index contributed by atoms with van der Waals surface area (Å²) in [5.41, 5.74) is -3.09. The summed E-state index contributed by atoms with van der Waals surface area (Å²) in [7, 11) is 0. The maximum atomic E-state index is 10.3. The zero-order valence-electron chi connectivity index (χ0n) is 44.9. The van der Waals surface area contributed by atoms with Crippen LogP contribution < -0.4 is 26.2 Å². The van der Waals surface area contributed by atoms with Gasteiger partial charge in [-0.25, -0.2) is 0 Å². The fourth-order valence-electron chi connectivity index (χ4n) is 9.17. The lowest BCUT2D eigenvalue weighted by Crippen LogP contribution is -2.61. The largest absolute Gasteiger partial charge is 0.311 e. The Hall–Kier alpha value is -4.24. The quantitative estimate of drug-likeness (QED) is 0.176. The molecule has 0 amide bonds. The Labute approximate surface area is 305 Å². The molecule has 0 radical (unpaired) electrons. The molecule has 2 aliphatic heterocycles. The van der Waals surface area contributed by atoms with Crippen LogP contribution in [-0.2, 0) is 21.7 Å². The second kappa shape index (κ2) is 9.22. The van der Waals surface area contributed by atoms with Crippen LogP contribution in [0.2, 0.25) is 0 Å². The highest BCUT2D eigenvalue weighted by atomic mass is 15.2. The molecular formula is C44H45BN2. The molecule has 9 rings (SSSR count). The van der Waals surface area contributed by atoms with Crippen molar-refractivity contribution in [3.05, 3.63) is 125 Å². The van der Waals surface area contributed by atoms with Gasteiger partial charge in [-0.3, -0.25) is 0 Å². The average Bonchev–Trinajstić information content (AvgIpc) is 3.54. The van der Waals surface area contributed by atoms with Gasteiger partial charge in [-0.1, -0.05) is 110 Å². The molecule has 0 bridgehead atoms. The second-order valence-electron chi connectivity index (χ2n) is 16.0. The van der Waals surface area contributed by atoms with Crippen LogP contribution in [0.4, 0.5) is 34.1 Å². The fraction of sp³-hybridized carbons (Fsp3) is 0.318. The van der Waals surface area contributed by atoms with Crippen molar-refractivity contribution in [2.24, 2.45) is 0 Å². The summed E-state index contributed by atoms with van der Waals surface area (Å²) in [5, 5.41) is 0. The molecule has 4 aliphatic rings. The van der Waals surface area contributed by atoms with E-state index >= 15 is 0 Å². The van der Waals surface area contributed by atoms with E-state index in [9.17, 15) is 13.7 Å².